The van der Waals surface area contributed by atoms with Gasteiger partial charge in [0, 0.05) is 0 Å². The highest BCUT2D eigenvalue weighted by molar-refractivity contribution is 5.28. The van der Waals surface area contributed by atoms with E-state index < -0.39 is 23.4 Å². The van der Waals surface area contributed by atoms with Gasteiger partial charge in [-0.25, -0.2) is 9.37 Å². The van der Waals surface area contributed by atoms with Gasteiger partial charge in [0.2, 0.25) is 5.88 Å². The molecule has 13 heavy (non-hydrogen) atoms. The van der Waals surface area contributed by atoms with Gasteiger partial charge in [-0.05, 0) is 6.07 Å². The Morgan fingerprint density at radius 2 is 2.00 bits per heavy atom. The molecule has 0 saturated carbocycles. The smallest absolute Gasteiger partial charge is 0.421 e. The van der Waals surface area contributed by atoms with Crippen molar-refractivity contribution in [2.24, 2.45) is 0 Å². The molecule has 0 unspecified atom stereocenters. The predicted octanol–water partition coefficient (Wildman–Crippen LogP) is 2.25. The maximum absolute atomic E-state index is 12.4. The zero-order valence-corrected chi connectivity index (χ0v) is 6.52. The van der Waals surface area contributed by atoms with E-state index in [0.717, 1.165) is 7.11 Å². The molecule has 0 fully saturated rings. The van der Waals surface area contributed by atoms with Crippen LogP contribution in [-0.2, 0) is 6.18 Å². The predicted molar refractivity (Wildman–Crippen MR) is 35.7 cm³/mol. The molecular formula is C7H5F4NO. The molecule has 0 radical (unpaired) electrons. The summed E-state index contributed by atoms with van der Waals surface area (Å²) < 4.78 is 53.1. The monoisotopic (exact) mass is 195 g/mol. The molecule has 0 aliphatic carbocycles. The van der Waals surface area contributed by atoms with Crippen molar-refractivity contribution >= 4 is 0 Å². The van der Waals surface area contributed by atoms with Crippen LogP contribution in [0.2, 0.25) is 0 Å². The summed E-state index contributed by atoms with van der Waals surface area (Å²) in [4.78, 5) is 3.15. The number of methoxy groups -OCH3 is 1. The van der Waals surface area contributed by atoms with Crippen molar-refractivity contribution in [3.8, 4) is 5.88 Å². The second-order valence-corrected chi connectivity index (χ2v) is 2.21. The first-order valence-corrected chi connectivity index (χ1v) is 3.22. The molecular weight excluding hydrogens is 190 g/mol. The third-order valence-corrected chi connectivity index (χ3v) is 1.32. The lowest BCUT2D eigenvalue weighted by molar-refractivity contribution is -0.139. The summed E-state index contributed by atoms with van der Waals surface area (Å²) in [5.41, 5.74) is -1.21. The fourth-order valence-electron chi connectivity index (χ4n) is 0.792. The molecule has 0 aliphatic heterocycles. The Bertz CT molecular complexity index is 310. The minimum Gasteiger partial charge on any atom is -0.481 e. The van der Waals surface area contributed by atoms with E-state index in [1.165, 1.54) is 0 Å². The van der Waals surface area contributed by atoms with Gasteiger partial charge in [-0.15, -0.1) is 0 Å². The molecule has 0 saturated heterocycles. The zero-order chi connectivity index (χ0) is 10.1. The third kappa shape index (κ3) is 2.07. The molecule has 0 atom stereocenters. The first-order chi connectivity index (χ1) is 5.95. The van der Waals surface area contributed by atoms with E-state index in [-0.39, 0.29) is 0 Å². The van der Waals surface area contributed by atoms with Crippen molar-refractivity contribution in [1.82, 2.24) is 4.98 Å². The maximum Gasteiger partial charge on any atom is 0.421 e. The highest BCUT2D eigenvalue weighted by atomic mass is 19.4. The molecule has 0 spiro atoms. The van der Waals surface area contributed by atoms with Crippen molar-refractivity contribution < 1.29 is 22.3 Å². The minimum absolute atomic E-state index is 0.339. The Morgan fingerprint density at radius 1 is 1.38 bits per heavy atom. The first kappa shape index (κ1) is 9.76. The number of halogens is 4. The zero-order valence-electron chi connectivity index (χ0n) is 6.52. The van der Waals surface area contributed by atoms with Crippen molar-refractivity contribution in [1.29, 1.82) is 0 Å². The van der Waals surface area contributed by atoms with E-state index in [1.54, 1.807) is 0 Å². The van der Waals surface area contributed by atoms with Crippen LogP contribution in [0.3, 0.4) is 0 Å². The van der Waals surface area contributed by atoms with Crippen LogP contribution in [0.4, 0.5) is 17.6 Å². The number of hydrogen-bond donors (Lipinski definition) is 0. The van der Waals surface area contributed by atoms with Crippen LogP contribution < -0.4 is 4.74 Å². The summed E-state index contributed by atoms with van der Waals surface area (Å²) in [7, 11) is 1.04. The lowest BCUT2D eigenvalue weighted by atomic mass is 10.2. The van der Waals surface area contributed by atoms with Crippen LogP contribution in [0.25, 0.3) is 0 Å². The Kier molecular flexibility index (Phi) is 2.40. The molecule has 72 valence electrons. The highest BCUT2D eigenvalue weighted by Crippen LogP contribution is 2.34. The fraction of sp³-hybridized carbons (Fsp3) is 0.286. The summed E-state index contributed by atoms with van der Waals surface area (Å²) in [5, 5.41) is 0. The minimum atomic E-state index is -4.65. The third-order valence-electron chi connectivity index (χ3n) is 1.32. The van der Waals surface area contributed by atoms with E-state index in [4.69, 9.17) is 0 Å². The summed E-state index contributed by atoms with van der Waals surface area (Å²) in [6.45, 7) is 0. The number of ether oxygens (including phenoxy) is 1. The molecule has 6 heteroatoms. The molecule has 0 aromatic carbocycles. The number of nitrogens with zero attached hydrogens (tertiary/aromatic N) is 1. The normalized spacial score (nSPS) is 11.5. The van der Waals surface area contributed by atoms with Gasteiger partial charge in [0.15, 0.2) is 0 Å². The van der Waals surface area contributed by atoms with Crippen LogP contribution in [0, 0.1) is 5.82 Å². The standard InChI is InChI=1S/C7H5F4NO/c1-13-6-5(7(9,10)11)2-4(8)3-12-6/h2-3H,1H3. The number of rotatable bonds is 1. The Labute approximate surface area is 71.2 Å². The molecule has 2 nitrogen and oxygen atoms in total. The van der Waals surface area contributed by atoms with Gasteiger partial charge in [0.25, 0.3) is 0 Å². The largest absolute Gasteiger partial charge is 0.481 e. The first-order valence-electron chi connectivity index (χ1n) is 3.22. The van der Waals surface area contributed by atoms with Crippen LogP contribution >= 0.6 is 0 Å². The van der Waals surface area contributed by atoms with Crippen LogP contribution in [0.5, 0.6) is 5.88 Å². The van der Waals surface area contributed by atoms with E-state index in [9.17, 15) is 17.6 Å². The van der Waals surface area contributed by atoms with Gasteiger partial charge in [-0.3, -0.25) is 0 Å². The number of aromatic nitrogens is 1. The van der Waals surface area contributed by atoms with Crippen molar-refractivity contribution in [2.75, 3.05) is 7.11 Å². The van der Waals surface area contributed by atoms with E-state index in [1.807, 2.05) is 0 Å². The SMILES string of the molecule is COc1ncc(F)cc1C(F)(F)F. The van der Waals surface area contributed by atoms with Gasteiger partial charge in [-0.1, -0.05) is 0 Å². The average Bonchev–Trinajstić information content (AvgIpc) is 2.03. The highest BCUT2D eigenvalue weighted by Gasteiger charge is 2.35. The van der Waals surface area contributed by atoms with Gasteiger partial charge in [-0.2, -0.15) is 13.2 Å². The molecule has 1 aromatic rings. The fourth-order valence-corrected chi connectivity index (χ4v) is 0.792. The summed E-state index contributed by atoms with van der Waals surface area (Å²) >= 11 is 0. The lowest BCUT2D eigenvalue weighted by Gasteiger charge is -2.09. The van der Waals surface area contributed by atoms with Crippen molar-refractivity contribution in [3.63, 3.8) is 0 Å². The van der Waals surface area contributed by atoms with Gasteiger partial charge in [0.05, 0.1) is 13.3 Å². The van der Waals surface area contributed by atoms with Crippen LogP contribution in [0.15, 0.2) is 12.3 Å². The molecule has 0 amide bonds. The summed E-state index contributed by atoms with van der Waals surface area (Å²) in [6, 6.07) is 0.339. The number of hydrogen-bond acceptors (Lipinski definition) is 2. The van der Waals surface area contributed by atoms with Gasteiger partial charge in [0.1, 0.15) is 11.4 Å². The van der Waals surface area contributed by atoms with Crippen LogP contribution in [-0.4, -0.2) is 12.1 Å². The Balaban J connectivity index is 3.24. The maximum atomic E-state index is 12.4. The quantitative estimate of drug-likeness (QED) is 0.641. The molecule has 0 bridgehead atoms. The molecule has 0 N–H and O–H groups in total. The number of alkyl halides is 3. The second-order valence-electron chi connectivity index (χ2n) is 2.21. The van der Waals surface area contributed by atoms with Gasteiger partial charge < -0.3 is 4.74 Å². The van der Waals surface area contributed by atoms with Crippen molar-refractivity contribution in [3.05, 3.63) is 23.6 Å². The summed E-state index contributed by atoms with van der Waals surface area (Å²) in [6.07, 6.45) is -3.99. The molecule has 1 aromatic heterocycles. The van der Waals surface area contributed by atoms with E-state index >= 15 is 0 Å². The Morgan fingerprint density at radius 3 is 2.46 bits per heavy atom. The van der Waals surface area contributed by atoms with E-state index in [2.05, 4.69) is 9.72 Å². The lowest BCUT2D eigenvalue weighted by Crippen LogP contribution is -2.09. The number of pyridine rings is 1. The topological polar surface area (TPSA) is 22.1 Å². The average molecular weight is 195 g/mol. The Hall–Kier alpha value is -1.33. The summed E-state index contributed by atoms with van der Waals surface area (Å²) in [5.74, 6) is -1.68. The second kappa shape index (κ2) is 3.20. The molecule has 1 rings (SSSR count). The molecule has 0 aliphatic rings. The van der Waals surface area contributed by atoms with Gasteiger partial charge >= 0.3 is 6.18 Å². The van der Waals surface area contributed by atoms with E-state index in [0.29, 0.717) is 12.3 Å². The van der Waals surface area contributed by atoms with Crippen LogP contribution in [0.1, 0.15) is 5.56 Å². The van der Waals surface area contributed by atoms with Crippen molar-refractivity contribution in [2.45, 2.75) is 6.18 Å². The molecule has 1 heterocycles.